The predicted molar refractivity (Wildman–Crippen MR) is 104 cm³/mol. The van der Waals surface area contributed by atoms with Crippen LogP contribution in [-0.2, 0) is 16.1 Å². The zero-order valence-corrected chi connectivity index (χ0v) is 15.8. The fraction of sp³-hybridized carbons (Fsp3) is 0.350. The number of anilines is 1. The van der Waals surface area contributed by atoms with Gasteiger partial charge in [0, 0.05) is 19.2 Å². The minimum atomic E-state index is -0.458. The number of rotatable bonds is 5. The third kappa shape index (κ3) is 3.56. The van der Waals surface area contributed by atoms with Crippen molar-refractivity contribution in [3.63, 3.8) is 0 Å². The summed E-state index contributed by atoms with van der Waals surface area (Å²) in [5.41, 5.74) is 3.10. The Morgan fingerprint density at radius 1 is 1.28 bits per heavy atom. The van der Waals surface area contributed by atoms with Crippen molar-refractivity contribution in [2.24, 2.45) is 0 Å². The number of carbonyl (C=O) groups is 2. The number of cyclic esters (lactones) is 1. The van der Waals surface area contributed by atoms with Crippen LogP contribution in [0.25, 0.3) is 5.57 Å². The van der Waals surface area contributed by atoms with E-state index in [1.807, 2.05) is 30.3 Å². The minimum absolute atomic E-state index is 0.157. The molecule has 0 aliphatic carbocycles. The molecular weight excluding hydrogens is 378 g/mol. The highest BCUT2D eigenvalue weighted by Gasteiger charge is 2.32. The Bertz CT molecular complexity index is 1020. The van der Waals surface area contributed by atoms with Crippen molar-refractivity contribution in [3.05, 3.63) is 58.4 Å². The summed E-state index contributed by atoms with van der Waals surface area (Å²) < 4.78 is 11.7. The van der Waals surface area contributed by atoms with E-state index in [0.717, 1.165) is 11.1 Å². The van der Waals surface area contributed by atoms with E-state index in [9.17, 15) is 19.5 Å². The Hall–Kier alpha value is -3.33. The Balaban J connectivity index is 1.51. The van der Waals surface area contributed by atoms with Crippen LogP contribution in [0.4, 0.5) is 10.5 Å². The monoisotopic (exact) mass is 399 g/mol. The molecule has 2 aromatic rings. The smallest absolute Gasteiger partial charge is 0.419 e. The van der Waals surface area contributed by atoms with Gasteiger partial charge in [-0.2, -0.15) is 0 Å². The van der Waals surface area contributed by atoms with E-state index in [4.69, 9.17) is 9.15 Å². The van der Waals surface area contributed by atoms with Crippen LogP contribution in [0.1, 0.15) is 24.1 Å². The van der Waals surface area contributed by atoms with Crippen molar-refractivity contribution in [1.29, 1.82) is 0 Å². The number of nitrogens with one attached hydrogen (secondary N) is 1. The summed E-state index contributed by atoms with van der Waals surface area (Å²) in [7, 11) is 0. The lowest BCUT2D eigenvalue weighted by Crippen LogP contribution is -2.33. The Labute approximate surface area is 166 Å². The van der Waals surface area contributed by atoms with Gasteiger partial charge in [-0.1, -0.05) is 18.2 Å². The molecule has 152 valence electrons. The largest absolute Gasteiger partial charge is 0.442 e. The quantitative estimate of drug-likeness (QED) is 0.778. The normalized spacial score (nSPS) is 20.8. The number of aliphatic hydroxyl groups excluding tert-OH is 1. The molecule has 0 bridgehead atoms. The minimum Gasteiger partial charge on any atom is -0.442 e. The molecule has 1 fully saturated rings. The van der Waals surface area contributed by atoms with Crippen LogP contribution in [-0.4, -0.2) is 47.5 Å². The predicted octanol–water partition coefficient (Wildman–Crippen LogP) is 1.08. The molecule has 9 heteroatoms. The summed E-state index contributed by atoms with van der Waals surface area (Å²) in [5.74, 6) is -0.976. The summed E-state index contributed by atoms with van der Waals surface area (Å²) in [4.78, 5) is 36.4. The maximum absolute atomic E-state index is 12.2. The van der Waals surface area contributed by atoms with Crippen LogP contribution in [0.2, 0.25) is 0 Å². The first-order valence-electron chi connectivity index (χ1n) is 9.30. The Kier molecular flexibility index (Phi) is 4.98. The molecule has 9 nitrogen and oxygen atoms in total. The van der Waals surface area contributed by atoms with E-state index >= 15 is 0 Å². The molecule has 0 saturated carbocycles. The van der Waals surface area contributed by atoms with E-state index in [1.54, 1.807) is 0 Å². The van der Waals surface area contributed by atoms with Gasteiger partial charge < -0.3 is 19.6 Å². The number of oxazole rings is 1. The van der Waals surface area contributed by atoms with E-state index in [-0.39, 0.29) is 25.0 Å². The molecule has 0 radical (unpaired) electrons. The van der Waals surface area contributed by atoms with E-state index in [0.29, 0.717) is 24.5 Å². The third-order valence-electron chi connectivity index (χ3n) is 5.19. The highest BCUT2D eigenvalue weighted by molar-refractivity contribution is 5.90. The molecule has 2 N–H and O–H groups in total. The maximum Gasteiger partial charge on any atom is 0.419 e. The molecule has 2 aliphatic rings. The summed E-state index contributed by atoms with van der Waals surface area (Å²) in [5, 5.41) is 12.5. The number of allylic oxidation sites excluding steroid dienone is 1. The van der Waals surface area contributed by atoms with Gasteiger partial charge in [0.1, 0.15) is 12.4 Å². The van der Waals surface area contributed by atoms with Crippen molar-refractivity contribution in [1.82, 2.24) is 9.88 Å². The maximum atomic E-state index is 12.2. The highest BCUT2D eigenvalue weighted by atomic mass is 16.6. The number of ether oxygens (including phenoxy) is 1. The standard InChI is InChI=1S/C20H21N3O6/c1-12(25)21-8-15-9-23(20(27)29-15)14-4-2-13(3-5-14)16-6-7-22-18(17(16)10-24)11-28-19(22)26/h2-6,11,15,17,24H,7-10H2,1H3,(H,21,25)/t15-,17?/m0/s1. The van der Waals surface area contributed by atoms with Crippen LogP contribution >= 0.6 is 0 Å². The molecule has 4 rings (SSSR count). The summed E-state index contributed by atoms with van der Waals surface area (Å²) in [6, 6.07) is 7.35. The summed E-state index contributed by atoms with van der Waals surface area (Å²) in [6.07, 6.45) is 2.43. The number of aliphatic hydroxyl groups is 1. The Morgan fingerprint density at radius 3 is 2.72 bits per heavy atom. The van der Waals surface area contributed by atoms with E-state index in [2.05, 4.69) is 5.32 Å². The first-order chi connectivity index (χ1) is 14.0. The molecule has 2 atom stereocenters. The number of benzene rings is 1. The summed E-state index contributed by atoms with van der Waals surface area (Å²) >= 11 is 0. The molecule has 1 saturated heterocycles. The molecule has 1 aromatic carbocycles. The molecule has 1 unspecified atom stereocenters. The van der Waals surface area contributed by atoms with Crippen molar-refractivity contribution in [2.75, 3.05) is 24.6 Å². The lowest BCUT2D eigenvalue weighted by molar-refractivity contribution is -0.119. The van der Waals surface area contributed by atoms with Gasteiger partial charge in [-0.15, -0.1) is 0 Å². The zero-order valence-electron chi connectivity index (χ0n) is 15.8. The lowest BCUT2D eigenvalue weighted by Gasteiger charge is -2.24. The average molecular weight is 399 g/mol. The number of amides is 2. The van der Waals surface area contributed by atoms with E-state index < -0.39 is 18.0 Å². The van der Waals surface area contributed by atoms with Gasteiger partial charge in [-0.05, 0) is 23.3 Å². The number of fused-ring (bicyclic) bond motifs is 1. The number of hydrogen-bond donors (Lipinski definition) is 2. The highest BCUT2D eigenvalue weighted by Crippen LogP contribution is 2.35. The van der Waals surface area contributed by atoms with Crippen molar-refractivity contribution in [3.8, 4) is 0 Å². The summed E-state index contributed by atoms with van der Waals surface area (Å²) in [6.45, 7) is 2.25. The van der Waals surface area contributed by atoms with Gasteiger partial charge in [0.25, 0.3) is 0 Å². The van der Waals surface area contributed by atoms with Gasteiger partial charge in [-0.3, -0.25) is 14.3 Å². The molecule has 1 aromatic heterocycles. The van der Waals surface area contributed by atoms with Crippen LogP contribution in [0.3, 0.4) is 0 Å². The molecule has 3 heterocycles. The average Bonchev–Trinajstić information content (AvgIpc) is 3.28. The first-order valence-corrected chi connectivity index (χ1v) is 9.30. The number of aromatic nitrogens is 1. The van der Waals surface area contributed by atoms with Crippen LogP contribution < -0.4 is 16.0 Å². The number of nitrogens with zero attached hydrogens (tertiary/aromatic N) is 2. The number of carbonyl (C=O) groups excluding carboxylic acids is 2. The third-order valence-corrected chi connectivity index (χ3v) is 5.19. The van der Waals surface area contributed by atoms with Gasteiger partial charge in [-0.25, -0.2) is 9.59 Å². The molecule has 29 heavy (non-hydrogen) atoms. The van der Waals surface area contributed by atoms with Crippen LogP contribution in [0, 0.1) is 0 Å². The molecular formula is C20H21N3O6. The molecule has 0 spiro atoms. The van der Waals surface area contributed by atoms with Crippen LogP contribution in [0.15, 0.2) is 45.8 Å². The van der Waals surface area contributed by atoms with Crippen LogP contribution in [0.5, 0.6) is 0 Å². The first kappa shape index (κ1) is 19.0. The van der Waals surface area contributed by atoms with Gasteiger partial charge >= 0.3 is 11.8 Å². The zero-order chi connectivity index (χ0) is 20.5. The van der Waals surface area contributed by atoms with Crippen molar-refractivity contribution >= 4 is 23.3 Å². The second kappa shape index (κ2) is 7.59. The second-order valence-electron chi connectivity index (χ2n) is 7.03. The Morgan fingerprint density at radius 2 is 2.03 bits per heavy atom. The second-order valence-corrected chi connectivity index (χ2v) is 7.03. The molecule has 2 aliphatic heterocycles. The van der Waals surface area contributed by atoms with E-state index in [1.165, 1.54) is 22.7 Å². The number of hydrogen-bond acceptors (Lipinski definition) is 6. The SMILES string of the molecule is CC(=O)NC[C@H]1CN(c2ccc(C3=CCn4c(coc4=O)C3CO)cc2)C(=O)O1. The fourth-order valence-corrected chi connectivity index (χ4v) is 3.73. The fourth-order valence-electron chi connectivity index (χ4n) is 3.73. The topological polar surface area (TPSA) is 114 Å². The van der Waals surface area contributed by atoms with Crippen molar-refractivity contribution in [2.45, 2.75) is 25.5 Å². The van der Waals surface area contributed by atoms with Crippen molar-refractivity contribution < 1.29 is 23.8 Å². The molecule has 2 amide bonds. The van der Waals surface area contributed by atoms with Gasteiger partial charge in [0.2, 0.25) is 5.91 Å². The van der Waals surface area contributed by atoms with Gasteiger partial charge in [0.05, 0.1) is 31.3 Å². The van der Waals surface area contributed by atoms with Gasteiger partial charge in [0.15, 0.2) is 0 Å². The lowest BCUT2D eigenvalue weighted by atomic mass is 9.88.